The first-order valence-electron chi connectivity index (χ1n) is 8.45. The molecule has 0 radical (unpaired) electrons. The van der Waals surface area contributed by atoms with E-state index in [4.69, 9.17) is 0 Å². The number of halogens is 2. The van der Waals surface area contributed by atoms with Gasteiger partial charge in [0.1, 0.15) is 0 Å². The van der Waals surface area contributed by atoms with Crippen LogP contribution in [0.25, 0.3) is 5.69 Å². The number of rotatable bonds is 3. The second-order valence-corrected chi connectivity index (χ2v) is 7.72. The van der Waals surface area contributed by atoms with E-state index in [1.165, 1.54) is 12.8 Å². The highest BCUT2D eigenvalue weighted by Gasteiger charge is 2.36. The molecular formula is C18H22BrClN4O. The Morgan fingerprint density at radius 1 is 1.28 bits per heavy atom. The lowest BCUT2D eigenvalue weighted by Gasteiger charge is -2.35. The molecule has 2 saturated heterocycles. The van der Waals surface area contributed by atoms with Gasteiger partial charge in [-0.15, -0.1) is 12.4 Å². The Kier molecular flexibility index (Phi) is 5.51. The van der Waals surface area contributed by atoms with Gasteiger partial charge >= 0.3 is 0 Å². The van der Waals surface area contributed by atoms with Gasteiger partial charge in [0, 0.05) is 35.8 Å². The average Bonchev–Trinajstić information content (AvgIpc) is 3.20. The second kappa shape index (κ2) is 7.48. The van der Waals surface area contributed by atoms with Crippen molar-refractivity contribution in [2.45, 2.75) is 43.8 Å². The zero-order valence-electron chi connectivity index (χ0n) is 14.1. The third-order valence-electron chi connectivity index (χ3n) is 5.20. The van der Waals surface area contributed by atoms with E-state index in [9.17, 15) is 4.79 Å². The smallest absolute Gasteiger partial charge is 0.274 e. The zero-order valence-corrected chi connectivity index (χ0v) is 16.5. The Morgan fingerprint density at radius 3 is 2.68 bits per heavy atom. The van der Waals surface area contributed by atoms with E-state index in [1.54, 1.807) is 10.7 Å². The van der Waals surface area contributed by atoms with Crippen molar-refractivity contribution in [1.82, 2.24) is 20.0 Å². The summed E-state index contributed by atoms with van der Waals surface area (Å²) in [6.45, 7) is 0. The molecule has 7 heteroatoms. The van der Waals surface area contributed by atoms with Crippen LogP contribution in [-0.4, -0.2) is 45.8 Å². The third kappa shape index (κ3) is 3.76. The predicted octanol–water partition coefficient (Wildman–Crippen LogP) is 3.41. The minimum absolute atomic E-state index is 0. The zero-order chi connectivity index (χ0) is 16.7. The van der Waals surface area contributed by atoms with Gasteiger partial charge in [0.25, 0.3) is 5.91 Å². The summed E-state index contributed by atoms with van der Waals surface area (Å²) in [5.41, 5.74) is 1.44. The number of piperidine rings is 1. The number of carbonyl (C=O) groups is 1. The molecule has 134 valence electrons. The van der Waals surface area contributed by atoms with Crippen molar-refractivity contribution >= 4 is 34.2 Å². The molecule has 1 N–H and O–H groups in total. The third-order valence-corrected chi connectivity index (χ3v) is 5.69. The number of fused-ring (bicyclic) bond motifs is 2. The van der Waals surface area contributed by atoms with E-state index in [-0.39, 0.29) is 18.3 Å². The van der Waals surface area contributed by atoms with Crippen LogP contribution in [0.4, 0.5) is 0 Å². The van der Waals surface area contributed by atoms with Gasteiger partial charge in [-0.1, -0.05) is 22.0 Å². The second-order valence-electron chi connectivity index (χ2n) is 6.80. The number of nitrogens with one attached hydrogen (secondary N) is 1. The number of aromatic nitrogens is 2. The van der Waals surface area contributed by atoms with Crippen molar-refractivity contribution in [2.24, 2.45) is 0 Å². The van der Waals surface area contributed by atoms with Crippen molar-refractivity contribution < 1.29 is 4.79 Å². The van der Waals surface area contributed by atoms with E-state index in [0.717, 1.165) is 23.0 Å². The maximum absolute atomic E-state index is 12.8. The number of carbonyl (C=O) groups excluding carboxylic acids is 1. The van der Waals surface area contributed by atoms with Gasteiger partial charge in [0.05, 0.1) is 5.69 Å². The molecular weight excluding hydrogens is 404 g/mol. The lowest BCUT2D eigenvalue weighted by molar-refractivity contribution is 0.0675. The molecule has 3 heterocycles. The van der Waals surface area contributed by atoms with E-state index >= 15 is 0 Å². The number of hydrogen-bond donors (Lipinski definition) is 1. The molecule has 0 saturated carbocycles. The van der Waals surface area contributed by atoms with Crippen molar-refractivity contribution in [3.8, 4) is 5.69 Å². The van der Waals surface area contributed by atoms with E-state index in [0.29, 0.717) is 23.8 Å². The number of amides is 1. The van der Waals surface area contributed by atoms with E-state index in [2.05, 4.69) is 26.3 Å². The van der Waals surface area contributed by atoms with Crippen LogP contribution in [0.1, 0.15) is 36.2 Å². The normalized spacial score (nSPS) is 24.6. The summed E-state index contributed by atoms with van der Waals surface area (Å²) in [6.07, 6.45) is 6.41. The molecule has 2 aromatic rings. The summed E-state index contributed by atoms with van der Waals surface area (Å²) in [4.78, 5) is 14.7. The Morgan fingerprint density at radius 2 is 2.00 bits per heavy atom. The molecule has 2 aliphatic rings. The summed E-state index contributed by atoms with van der Waals surface area (Å²) in [5.74, 6) is 0.00930. The minimum Gasteiger partial charge on any atom is -0.337 e. The summed E-state index contributed by atoms with van der Waals surface area (Å²) in [5, 5.41) is 8.10. The largest absolute Gasteiger partial charge is 0.337 e. The SMILES string of the molecule is CN(C(=O)c1ccn(-c2cccc(Br)c2)n1)C1CC2CCC(C1)N2.Cl. The van der Waals surface area contributed by atoms with Crippen LogP contribution in [0.3, 0.4) is 0 Å². The van der Waals surface area contributed by atoms with Gasteiger partial charge in [-0.25, -0.2) is 4.68 Å². The molecule has 4 rings (SSSR count). The van der Waals surface area contributed by atoms with Gasteiger partial charge in [0.15, 0.2) is 5.69 Å². The summed E-state index contributed by atoms with van der Waals surface area (Å²) >= 11 is 3.47. The molecule has 2 atom stereocenters. The standard InChI is InChI=1S/C18H21BrN4O.ClH/c1-22(16-10-13-5-6-14(11-16)20-13)18(24)17-7-8-23(21-17)15-4-2-3-12(19)9-15;/h2-4,7-9,13-14,16,20H,5-6,10-11H2,1H3;1H. The van der Waals surface area contributed by atoms with Crippen molar-refractivity contribution in [1.29, 1.82) is 0 Å². The van der Waals surface area contributed by atoms with E-state index < -0.39 is 0 Å². The lowest BCUT2D eigenvalue weighted by atomic mass is 9.98. The molecule has 1 aromatic carbocycles. The topological polar surface area (TPSA) is 50.2 Å². The molecule has 5 nitrogen and oxygen atoms in total. The predicted molar refractivity (Wildman–Crippen MR) is 104 cm³/mol. The first-order chi connectivity index (χ1) is 11.6. The monoisotopic (exact) mass is 424 g/mol. The van der Waals surface area contributed by atoms with Crippen LogP contribution in [-0.2, 0) is 0 Å². The van der Waals surface area contributed by atoms with Crippen LogP contribution in [0.15, 0.2) is 41.0 Å². The first kappa shape index (κ1) is 18.4. The van der Waals surface area contributed by atoms with Crippen LogP contribution in [0.2, 0.25) is 0 Å². The molecule has 2 fully saturated rings. The van der Waals surface area contributed by atoms with Crippen LogP contribution in [0, 0.1) is 0 Å². The fraction of sp³-hybridized carbons (Fsp3) is 0.444. The highest BCUT2D eigenvalue weighted by atomic mass is 79.9. The number of nitrogens with zero attached hydrogens (tertiary/aromatic N) is 3. The van der Waals surface area contributed by atoms with Crippen molar-refractivity contribution in [3.05, 3.63) is 46.7 Å². The molecule has 2 unspecified atom stereocenters. The quantitative estimate of drug-likeness (QED) is 0.820. The molecule has 2 aliphatic heterocycles. The Balaban J connectivity index is 0.00000182. The molecule has 1 aromatic heterocycles. The van der Waals surface area contributed by atoms with Gasteiger partial charge < -0.3 is 10.2 Å². The number of benzene rings is 1. The lowest BCUT2D eigenvalue weighted by Crippen LogP contribution is -2.48. The number of hydrogen-bond acceptors (Lipinski definition) is 3. The first-order valence-corrected chi connectivity index (χ1v) is 9.24. The summed E-state index contributed by atoms with van der Waals surface area (Å²) < 4.78 is 2.74. The van der Waals surface area contributed by atoms with Crippen LogP contribution < -0.4 is 5.32 Å². The summed E-state index contributed by atoms with van der Waals surface area (Å²) in [6, 6.07) is 11.1. The molecule has 2 bridgehead atoms. The fourth-order valence-electron chi connectivity index (χ4n) is 3.89. The minimum atomic E-state index is 0. The maximum Gasteiger partial charge on any atom is 0.274 e. The Labute approximate surface area is 162 Å². The van der Waals surface area contributed by atoms with Crippen molar-refractivity contribution in [3.63, 3.8) is 0 Å². The van der Waals surface area contributed by atoms with E-state index in [1.807, 2.05) is 42.4 Å². The van der Waals surface area contributed by atoms with Gasteiger partial charge in [-0.3, -0.25) is 4.79 Å². The Hall–Kier alpha value is -1.37. The molecule has 25 heavy (non-hydrogen) atoms. The van der Waals surface area contributed by atoms with Crippen LogP contribution in [0.5, 0.6) is 0 Å². The fourth-order valence-corrected chi connectivity index (χ4v) is 4.28. The van der Waals surface area contributed by atoms with Gasteiger partial charge in [-0.2, -0.15) is 5.10 Å². The maximum atomic E-state index is 12.8. The average molecular weight is 426 g/mol. The van der Waals surface area contributed by atoms with Crippen molar-refractivity contribution in [2.75, 3.05) is 7.05 Å². The Bertz CT molecular complexity index is 753. The highest BCUT2D eigenvalue weighted by Crippen LogP contribution is 2.29. The molecule has 1 amide bonds. The van der Waals surface area contributed by atoms with Gasteiger partial charge in [0.2, 0.25) is 0 Å². The summed E-state index contributed by atoms with van der Waals surface area (Å²) in [7, 11) is 1.91. The van der Waals surface area contributed by atoms with Gasteiger partial charge in [-0.05, 0) is 49.9 Å². The molecule has 0 aliphatic carbocycles. The highest BCUT2D eigenvalue weighted by molar-refractivity contribution is 9.10. The van der Waals surface area contributed by atoms with Crippen LogP contribution >= 0.6 is 28.3 Å². The molecule has 0 spiro atoms.